The van der Waals surface area contributed by atoms with Gasteiger partial charge < -0.3 is 4.57 Å². The topological polar surface area (TPSA) is 43.6 Å². The van der Waals surface area contributed by atoms with Crippen LogP contribution in [0.2, 0.25) is 0 Å². The van der Waals surface area contributed by atoms with Gasteiger partial charge in [0.2, 0.25) is 0 Å². The summed E-state index contributed by atoms with van der Waals surface area (Å²) in [5, 5.41) is 2.52. The van der Waals surface area contributed by atoms with E-state index in [1.807, 2.05) is 36.4 Å². The quantitative estimate of drug-likeness (QED) is 0.184. The van der Waals surface area contributed by atoms with Crippen LogP contribution in [0.4, 0.5) is 0 Å². The number of para-hydroxylation sites is 1. The Morgan fingerprint density at radius 1 is 0.423 bits per heavy atom. The normalized spacial score (nSPS) is 13.0. The van der Waals surface area contributed by atoms with Crippen molar-refractivity contribution in [3.8, 4) is 62.1 Å². The van der Waals surface area contributed by atoms with E-state index in [1.54, 1.807) is 0 Å². The Morgan fingerprint density at radius 2 is 1.00 bits per heavy atom. The van der Waals surface area contributed by atoms with Crippen LogP contribution in [0.5, 0.6) is 0 Å². The van der Waals surface area contributed by atoms with E-state index in [9.17, 15) is 0 Å². The van der Waals surface area contributed by atoms with Gasteiger partial charge in [-0.15, -0.1) is 0 Å². The lowest BCUT2D eigenvalue weighted by Gasteiger charge is -2.23. The molecule has 0 radical (unpaired) electrons. The molecule has 9 aromatic rings. The van der Waals surface area contributed by atoms with Crippen LogP contribution >= 0.6 is 0 Å². The van der Waals surface area contributed by atoms with Crippen molar-refractivity contribution in [1.29, 1.82) is 0 Å². The van der Waals surface area contributed by atoms with Gasteiger partial charge in [-0.25, -0.2) is 15.0 Å². The molecule has 52 heavy (non-hydrogen) atoms. The Labute approximate surface area is 302 Å². The molecular formula is C48H34N4. The first-order valence-corrected chi connectivity index (χ1v) is 17.8. The van der Waals surface area contributed by atoms with E-state index in [4.69, 9.17) is 15.0 Å². The lowest BCUT2D eigenvalue weighted by Crippen LogP contribution is -2.16. The predicted molar refractivity (Wildman–Crippen MR) is 213 cm³/mol. The molecule has 1 aliphatic rings. The van der Waals surface area contributed by atoms with Gasteiger partial charge in [-0.05, 0) is 69.8 Å². The van der Waals surface area contributed by atoms with Crippen molar-refractivity contribution >= 4 is 21.8 Å². The van der Waals surface area contributed by atoms with Gasteiger partial charge in [-0.2, -0.15) is 0 Å². The third kappa shape index (κ3) is 4.72. The van der Waals surface area contributed by atoms with Crippen LogP contribution in [0.1, 0.15) is 25.0 Å². The molecule has 0 fully saturated rings. The number of aromatic nitrogens is 4. The molecule has 2 aromatic heterocycles. The Hall–Kier alpha value is -6.65. The van der Waals surface area contributed by atoms with E-state index in [0.717, 1.165) is 33.5 Å². The molecular weight excluding hydrogens is 633 g/mol. The molecule has 1 aliphatic carbocycles. The summed E-state index contributed by atoms with van der Waals surface area (Å²) in [6.45, 7) is 4.72. The van der Waals surface area contributed by atoms with Crippen LogP contribution < -0.4 is 0 Å². The zero-order chi connectivity index (χ0) is 34.8. The van der Waals surface area contributed by atoms with Crippen LogP contribution in [0.25, 0.3) is 83.9 Å². The Kier molecular flexibility index (Phi) is 6.80. The minimum absolute atomic E-state index is 0.148. The summed E-state index contributed by atoms with van der Waals surface area (Å²) in [5.74, 6) is 1.93. The fourth-order valence-corrected chi connectivity index (χ4v) is 8.16. The zero-order valence-corrected chi connectivity index (χ0v) is 29.0. The second kappa shape index (κ2) is 11.7. The number of nitrogens with zero attached hydrogens (tertiary/aromatic N) is 4. The van der Waals surface area contributed by atoms with Gasteiger partial charge in [0.1, 0.15) is 0 Å². The molecule has 0 bridgehead atoms. The minimum Gasteiger partial charge on any atom is -0.309 e. The van der Waals surface area contributed by atoms with E-state index < -0.39 is 0 Å². The summed E-state index contributed by atoms with van der Waals surface area (Å²) in [7, 11) is 0. The molecule has 0 saturated carbocycles. The maximum absolute atomic E-state index is 5.09. The van der Waals surface area contributed by atoms with Crippen LogP contribution in [0.3, 0.4) is 0 Å². The number of fused-ring (bicyclic) bond motifs is 7. The predicted octanol–water partition coefficient (Wildman–Crippen LogP) is 11.9. The minimum atomic E-state index is -0.148. The first-order valence-electron chi connectivity index (χ1n) is 17.8. The molecule has 0 N–H and O–H groups in total. The fourth-order valence-electron chi connectivity index (χ4n) is 8.16. The van der Waals surface area contributed by atoms with Gasteiger partial charge in [0.05, 0.1) is 11.0 Å². The second-order valence-electron chi connectivity index (χ2n) is 14.1. The van der Waals surface area contributed by atoms with Crippen LogP contribution in [-0.4, -0.2) is 19.5 Å². The molecule has 4 heteroatoms. The van der Waals surface area contributed by atoms with Crippen molar-refractivity contribution in [2.24, 2.45) is 0 Å². The number of benzene rings is 7. The molecule has 246 valence electrons. The first-order chi connectivity index (χ1) is 25.5. The van der Waals surface area contributed by atoms with Crippen LogP contribution in [0, 0.1) is 0 Å². The maximum atomic E-state index is 5.09. The van der Waals surface area contributed by atoms with E-state index in [2.05, 4.69) is 152 Å². The average Bonchev–Trinajstić information content (AvgIpc) is 3.67. The summed E-state index contributed by atoms with van der Waals surface area (Å²) in [5.41, 5.74) is 13.9. The van der Waals surface area contributed by atoms with Crippen molar-refractivity contribution < 1.29 is 0 Å². The highest BCUT2D eigenvalue weighted by Gasteiger charge is 2.38. The van der Waals surface area contributed by atoms with E-state index in [-0.39, 0.29) is 5.41 Å². The number of hydrogen-bond acceptors (Lipinski definition) is 3. The summed E-state index contributed by atoms with van der Waals surface area (Å²) >= 11 is 0. The zero-order valence-electron chi connectivity index (χ0n) is 29.0. The average molecular weight is 667 g/mol. The van der Waals surface area contributed by atoms with Crippen molar-refractivity contribution in [2.75, 3.05) is 0 Å². The summed E-state index contributed by atoms with van der Waals surface area (Å²) < 4.78 is 2.45. The molecule has 0 amide bonds. The number of hydrogen-bond donors (Lipinski definition) is 0. The molecule has 0 unspecified atom stereocenters. The molecule has 0 aliphatic heterocycles. The van der Waals surface area contributed by atoms with Gasteiger partial charge >= 0.3 is 0 Å². The standard InChI is InChI=1S/C48H34N4/c1-48(2)41-22-11-9-20-37(41)39-28-29-40-38-21-10-12-23-42(38)52(44(40)43(39)48)36-26-24-33(25-27-36)46-49-45(32-16-7-4-8-17-32)50-47(51-46)35-19-13-18-34(30-35)31-14-5-3-6-15-31/h3-30H,1-2H3. The second-order valence-corrected chi connectivity index (χ2v) is 14.1. The first kappa shape index (κ1) is 30.2. The van der Waals surface area contributed by atoms with Gasteiger partial charge in [-0.1, -0.05) is 147 Å². The van der Waals surface area contributed by atoms with Crippen LogP contribution in [-0.2, 0) is 5.41 Å². The summed E-state index contributed by atoms with van der Waals surface area (Å²) in [6.07, 6.45) is 0. The molecule has 4 nitrogen and oxygen atoms in total. The SMILES string of the molecule is CC1(C)c2ccccc2-c2ccc3c4ccccc4n(-c4ccc(-c5nc(-c6ccccc6)nc(-c6cccc(-c7ccccc7)c6)n5)cc4)c3c21. The molecule has 0 spiro atoms. The number of rotatable bonds is 5. The van der Waals surface area contributed by atoms with Gasteiger partial charge in [0.25, 0.3) is 0 Å². The highest BCUT2D eigenvalue weighted by molar-refractivity contribution is 6.13. The lowest BCUT2D eigenvalue weighted by molar-refractivity contribution is 0.664. The molecule has 2 heterocycles. The smallest absolute Gasteiger partial charge is 0.164 e. The van der Waals surface area contributed by atoms with Crippen molar-refractivity contribution in [1.82, 2.24) is 19.5 Å². The van der Waals surface area contributed by atoms with Gasteiger partial charge in [-0.3, -0.25) is 0 Å². The fraction of sp³-hybridized carbons (Fsp3) is 0.0625. The molecule has 10 rings (SSSR count). The molecule has 7 aromatic carbocycles. The highest BCUT2D eigenvalue weighted by atomic mass is 15.0. The summed E-state index contributed by atoms with van der Waals surface area (Å²) in [4.78, 5) is 15.1. The maximum Gasteiger partial charge on any atom is 0.164 e. The summed E-state index contributed by atoms with van der Waals surface area (Å²) in [6, 6.07) is 59.9. The lowest BCUT2D eigenvalue weighted by atomic mass is 9.81. The highest BCUT2D eigenvalue weighted by Crippen LogP contribution is 2.52. The Morgan fingerprint density at radius 3 is 1.75 bits per heavy atom. The van der Waals surface area contributed by atoms with Gasteiger partial charge in [0, 0.05) is 38.6 Å². The third-order valence-corrected chi connectivity index (χ3v) is 10.6. The van der Waals surface area contributed by atoms with Gasteiger partial charge in [0.15, 0.2) is 17.5 Å². The van der Waals surface area contributed by atoms with Crippen LogP contribution in [0.15, 0.2) is 170 Å². The van der Waals surface area contributed by atoms with E-state index in [1.165, 1.54) is 44.1 Å². The Balaban J connectivity index is 1.13. The van der Waals surface area contributed by atoms with Crippen molar-refractivity contribution in [3.05, 3.63) is 181 Å². The van der Waals surface area contributed by atoms with E-state index in [0.29, 0.717) is 17.5 Å². The van der Waals surface area contributed by atoms with E-state index >= 15 is 0 Å². The Bertz CT molecular complexity index is 2800. The van der Waals surface area contributed by atoms with Crippen molar-refractivity contribution in [2.45, 2.75) is 19.3 Å². The molecule has 0 saturated heterocycles. The van der Waals surface area contributed by atoms with Crippen molar-refractivity contribution in [3.63, 3.8) is 0 Å². The molecule has 0 atom stereocenters. The largest absolute Gasteiger partial charge is 0.309 e. The third-order valence-electron chi connectivity index (χ3n) is 10.6. The monoisotopic (exact) mass is 666 g/mol.